The number of nitrogens with zero attached hydrogens (tertiary/aromatic N) is 1. The minimum atomic E-state index is -0.204. The first-order chi connectivity index (χ1) is 9.80. The van der Waals surface area contributed by atoms with Crippen molar-refractivity contribution in [1.29, 1.82) is 0 Å². The summed E-state index contributed by atoms with van der Waals surface area (Å²) in [6, 6.07) is 0. The second-order valence-corrected chi connectivity index (χ2v) is 8.91. The van der Waals surface area contributed by atoms with E-state index in [1.165, 1.54) is 27.8 Å². The van der Waals surface area contributed by atoms with E-state index < -0.39 is 0 Å². The standard InChI is InChI=1S/C20H31NO/c1-11-12(2)14(4)17-15(13(11)3)16(19(5,6)7)18(22)21(17)20(8,9)10/h16H,1-10H3. The molecule has 0 saturated heterocycles. The predicted octanol–water partition coefficient (Wildman–Crippen LogP) is 5.20. The van der Waals surface area contributed by atoms with Gasteiger partial charge in [0.15, 0.2) is 0 Å². The predicted molar refractivity (Wildman–Crippen MR) is 94.8 cm³/mol. The summed E-state index contributed by atoms with van der Waals surface area (Å²) in [5.41, 5.74) is 7.33. The van der Waals surface area contributed by atoms with Crippen molar-refractivity contribution < 1.29 is 4.79 Å². The Labute approximate surface area is 135 Å². The lowest BCUT2D eigenvalue weighted by Gasteiger charge is -2.35. The van der Waals surface area contributed by atoms with Gasteiger partial charge in [-0.2, -0.15) is 0 Å². The van der Waals surface area contributed by atoms with Crippen molar-refractivity contribution >= 4 is 11.6 Å². The van der Waals surface area contributed by atoms with Crippen LogP contribution in [0, 0.1) is 33.1 Å². The van der Waals surface area contributed by atoms with Crippen LogP contribution in [0.5, 0.6) is 0 Å². The van der Waals surface area contributed by atoms with E-state index in [0.29, 0.717) is 0 Å². The van der Waals surface area contributed by atoms with Crippen LogP contribution in [-0.4, -0.2) is 11.4 Å². The van der Waals surface area contributed by atoms with Crippen LogP contribution >= 0.6 is 0 Å². The molecule has 1 amide bonds. The Kier molecular flexibility index (Phi) is 3.75. The van der Waals surface area contributed by atoms with E-state index in [1.807, 2.05) is 4.90 Å². The van der Waals surface area contributed by atoms with Crippen molar-refractivity contribution in [3.05, 3.63) is 27.8 Å². The minimum absolute atomic E-state index is 0.0558. The van der Waals surface area contributed by atoms with Crippen LogP contribution in [0.25, 0.3) is 0 Å². The second-order valence-electron chi connectivity index (χ2n) is 8.91. The molecule has 2 rings (SSSR count). The fraction of sp³-hybridized carbons (Fsp3) is 0.650. The third-order valence-electron chi connectivity index (χ3n) is 5.22. The highest BCUT2D eigenvalue weighted by atomic mass is 16.2. The molecule has 2 nitrogen and oxygen atoms in total. The van der Waals surface area contributed by atoms with Gasteiger partial charge >= 0.3 is 0 Å². The van der Waals surface area contributed by atoms with Crippen LogP contribution in [0.15, 0.2) is 0 Å². The highest BCUT2D eigenvalue weighted by molar-refractivity contribution is 6.08. The molecule has 0 fully saturated rings. The van der Waals surface area contributed by atoms with Gasteiger partial charge in [0.2, 0.25) is 5.91 Å². The maximum atomic E-state index is 13.3. The maximum Gasteiger partial charge on any atom is 0.235 e. The van der Waals surface area contributed by atoms with Crippen molar-refractivity contribution in [1.82, 2.24) is 0 Å². The van der Waals surface area contributed by atoms with Gasteiger partial charge in [-0.1, -0.05) is 20.8 Å². The van der Waals surface area contributed by atoms with E-state index in [4.69, 9.17) is 0 Å². The molecule has 0 saturated carbocycles. The molecule has 1 heterocycles. The van der Waals surface area contributed by atoms with Crippen molar-refractivity contribution in [3.63, 3.8) is 0 Å². The van der Waals surface area contributed by atoms with Gasteiger partial charge in [-0.3, -0.25) is 4.79 Å². The Morgan fingerprint density at radius 3 is 1.64 bits per heavy atom. The molecule has 1 unspecified atom stereocenters. The lowest BCUT2D eigenvalue weighted by atomic mass is 9.74. The quantitative estimate of drug-likeness (QED) is 0.645. The SMILES string of the molecule is Cc1c(C)c(C)c2c(c1C)C(C(C)(C)C)C(=O)N2C(C)(C)C. The van der Waals surface area contributed by atoms with E-state index in [-0.39, 0.29) is 22.8 Å². The van der Waals surface area contributed by atoms with Gasteiger partial charge in [-0.25, -0.2) is 0 Å². The third kappa shape index (κ3) is 2.28. The topological polar surface area (TPSA) is 20.3 Å². The molecule has 1 atom stereocenters. The van der Waals surface area contributed by atoms with Crippen LogP contribution in [0.1, 0.15) is 75.3 Å². The van der Waals surface area contributed by atoms with Crippen LogP contribution in [0.2, 0.25) is 0 Å². The van der Waals surface area contributed by atoms with E-state index in [9.17, 15) is 4.79 Å². The molecule has 0 N–H and O–H groups in total. The van der Waals surface area contributed by atoms with Gasteiger partial charge < -0.3 is 4.90 Å². The Balaban J connectivity index is 2.92. The normalized spacial score (nSPS) is 18.9. The van der Waals surface area contributed by atoms with E-state index in [0.717, 1.165) is 5.69 Å². The average molecular weight is 301 g/mol. The number of carbonyl (C=O) groups is 1. The number of hydrogen-bond acceptors (Lipinski definition) is 1. The molecule has 1 aliphatic rings. The van der Waals surface area contributed by atoms with Gasteiger partial charge in [0.25, 0.3) is 0 Å². The Bertz CT molecular complexity index is 586. The maximum absolute atomic E-state index is 13.3. The first-order valence-corrected chi connectivity index (χ1v) is 8.24. The molecule has 122 valence electrons. The fourth-order valence-electron chi connectivity index (χ4n) is 3.80. The molecule has 0 aliphatic carbocycles. The number of rotatable bonds is 0. The molecular weight excluding hydrogens is 270 g/mol. The lowest BCUT2D eigenvalue weighted by molar-refractivity contribution is -0.122. The Morgan fingerprint density at radius 1 is 0.773 bits per heavy atom. The summed E-state index contributed by atoms with van der Waals surface area (Å²) in [4.78, 5) is 15.4. The zero-order valence-corrected chi connectivity index (χ0v) is 15.9. The Morgan fingerprint density at radius 2 is 1.23 bits per heavy atom. The average Bonchev–Trinajstić information content (AvgIpc) is 2.66. The van der Waals surface area contributed by atoms with Crippen LogP contribution in [0.4, 0.5) is 5.69 Å². The molecule has 2 heteroatoms. The summed E-state index contributed by atoms with van der Waals surface area (Å²) in [7, 11) is 0. The number of amides is 1. The Hall–Kier alpha value is -1.31. The van der Waals surface area contributed by atoms with Crippen molar-refractivity contribution in [2.75, 3.05) is 4.90 Å². The highest BCUT2D eigenvalue weighted by Gasteiger charge is 2.49. The first kappa shape index (κ1) is 17.1. The summed E-state index contributed by atoms with van der Waals surface area (Å²) < 4.78 is 0. The first-order valence-electron chi connectivity index (χ1n) is 8.24. The van der Waals surface area contributed by atoms with Gasteiger partial charge in [0, 0.05) is 5.54 Å². The van der Waals surface area contributed by atoms with Crippen LogP contribution < -0.4 is 4.90 Å². The van der Waals surface area contributed by atoms with Crippen LogP contribution in [-0.2, 0) is 4.79 Å². The summed E-state index contributed by atoms with van der Waals surface area (Å²) in [5.74, 6) is 0.200. The molecule has 1 aromatic rings. The largest absolute Gasteiger partial charge is 0.306 e. The molecule has 0 spiro atoms. The van der Waals surface area contributed by atoms with Crippen LogP contribution in [0.3, 0.4) is 0 Å². The number of fused-ring (bicyclic) bond motifs is 1. The summed E-state index contributed by atoms with van der Waals surface area (Å²) in [6.45, 7) is 21.6. The third-order valence-corrected chi connectivity index (χ3v) is 5.22. The lowest BCUT2D eigenvalue weighted by Crippen LogP contribution is -2.46. The van der Waals surface area contributed by atoms with E-state index in [1.54, 1.807) is 0 Å². The molecule has 1 aromatic carbocycles. The fourth-order valence-corrected chi connectivity index (χ4v) is 3.80. The van der Waals surface area contributed by atoms with E-state index >= 15 is 0 Å². The molecule has 22 heavy (non-hydrogen) atoms. The highest BCUT2D eigenvalue weighted by Crippen LogP contribution is 2.52. The number of anilines is 1. The molecule has 0 bridgehead atoms. The number of hydrogen-bond donors (Lipinski definition) is 0. The van der Waals surface area contributed by atoms with Gasteiger partial charge in [0.05, 0.1) is 11.6 Å². The molecule has 0 radical (unpaired) electrons. The van der Waals surface area contributed by atoms with Gasteiger partial charge in [0.1, 0.15) is 0 Å². The molecular formula is C20H31NO. The zero-order chi connectivity index (χ0) is 17.2. The molecule has 0 aromatic heterocycles. The van der Waals surface area contributed by atoms with Gasteiger partial charge in [-0.05, 0) is 81.7 Å². The van der Waals surface area contributed by atoms with Crippen molar-refractivity contribution in [2.24, 2.45) is 5.41 Å². The number of benzene rings is 1. The van der Waals surface area contributed by atoms with Crippen molar-refractivity contribution in [2.45, 2.75) is 80.7 Å². The second kappa shape index (κ2) is 4.84. The summed E-state index contributed by atoms with van der Waals surface area (Å²) in [6.07, 6.45) is 0. The summed E-state index contributed by atoms with van der Waals surface area (Å²) >= 11 is 0. The van der Waals surface area contributed by atoms with Crippen molar-refractivity contribution in [3.8, 4) is 0 Å². The van der Waals surface area contributed by atoms with Gasteiger partial charge in [-0.15, -0.1) is 0 Å². The zero-order valence-electron chi connectivity index (χ0n) is 15.9. The minimum Gasteiger partial charge on any atom is -0.306 e. The summed E-state index contributed by atoms with van der Waals surface area (Å²) in [5, 5.41) is 0. The molecule has 1 aliphatic heterocycles. The number of carbonyl (C=O) groups excluding carboxylic acids is 1. The smallest absolute Gasteiger partial charge is 0.235 e. The van der Waals surface area contributed by atoms with E-state index in [2.05, 4.69) is 69.2 Å². The monoisotopic (exact) mass is 301 g/mol.